The zero-order valence-corrected chi connectivity index (χ0v) is 14.5. The van der Waals surface area contributed by atoms with Gasteiger partial charge in [-0.25, -0.2) is 4.98 Å². The third-order valence-corrected chi connectivity index (χ3v) is 5.01. The Morgan fingerprint density at radius 3 is 3.00 bits per heavy atom. The van der Waals surface area contributed by atoms with Gasteiger partial charge in [0.1, 0.15) is 5.01 Å². The van der Waals surface area contributed by atoms with Crippen molar-refractivity contribution >= 4 is 11.3 Å². The van der Waals surface area contributed by atoms with Crippen LogP contribution in [0.25, 0.3) is 0 Å². The minimum Gasteiger partial charge on any atom is -0.382 e. The normalized spacial score (nSPS) is 22.0. The lowest BCUT2D eigenvalue weighted by Gasteiger charge is -2.27. The van der Waals surface area contributed by atoms with Crippen LogP contribution in [0.2, 0.25) is 0 Å². The molecule has 2 atom stereocenters. The van der Waals surface area contributed by atoms with Gasteiger partial charge in [-0.05, 0) is 18.4 Å². The summed E-state index contributed by atoms with van der Waals surface area (Å²) in [4.78, 5) is 6.91. The molecule has 1 saturated heterocycles. The van der Waals surface area contributed by atoms with E-state index in [2.05, 4.69) is 21.2 Å². The molecule has 2 aromatic rings. The van der Waals surface area contributed by atoms with Gasteiger partial charge in [0.05, 0.1) is 32.1 Å². The summed E-state index contributed by atoms with van der Waals surface area (Å²) in [5, 5.41) is 7.49. The number of rotatable bonds is 8. The van der Waals surface area contributed by atoms with Gasteiger partial charge in [0.2, 0.25) is 0 Å². The van der Waals surface area contributed by atoms with E-state index in [4.69, 9.17) is 9.47 Å². The van der Waals surface area contributed by atoms with E-state index in [9.17, 15) is 0 Å². The molecule has 0 aliphatic carbocycles. The van der Waals surface area contributed by atoms with Gasteiger partial charge in [-0.1, -0.05) is 0 Å². The molecule has 6 nitrogen and oxygen atoms in total. The van der Waals surface area contributed by atoms with Gasteiger partial charge in [0.25, 0.3) is 0 Å². The standard InChI is InChI=1S/C16H24N4O2S/c1-19-11-13(10-18-19)9-14-15(22-7-6-21-2)3-5-20(14)12-16-17-4-8-23-16/h4,8,10-11,14-15H,3,5-7,9,12H2,1-2H3/t14-,15+/m1/s1. The summed E-state index contributed by atoms with van der Waals surface area (Å²) in [6.07, 6.45) is 8.17. The number of hydrogen-bond donors (Lipinski definition) is 0. The molecule has 2 aromatic heterocycles. The zero-order chi connectivity index (χ0) is 16.1. The van der Waals surface area contributed by atoms with Crippen LogP contribution in [-0.2, 0) is 29.5 Å². The molecule has 0 radical (unpaired) electrons. The van der Waals surface area contributed by atoms with Crippen molar-refractivity contribution in [3.63, 3.8) is 0 Å². The molecule has 1 fully saturated rings. The Bertz CT molecular complexity index is 587. The van der Waals surface area contributed by atoms with Crippen LogP contribution in [0.1, 0.15) is 17.0 Å². The minimum absolute atomic E-state index is 0.241. The lowest BCUT2D eigenvalue weighted by Crippen LogP contribution is -2.38. The Balaban J connectivity index is 1.67. The van der Waals surface area contributed by atoms with Gasteiger partial charge < -0.3 is 9.47 Å². The van der Waals surface area contributed by atoms with Gasteiger partial charge in [-0.3, -0.25) is 9.58 Å². The van der Waals surface area contributed by atoms with E-state index >= 15 is 0 Å². The Hall–Kier alpha value is -1.28. The van der Waals surface area contributed by atoms with Crippen LogP contribution in [0.15, 0.2) is 24.0 Å². The molecular formula is C16H24N4O2S. The van der Waals surface area contributed by atoms with Gasteiger partial charge >= 0.3 is 0 Å². The van der Waals surface area contributed by atoms with E-state index in [-0.39, 0.29) is 6.10 Å². The molecule has 7 heteroatoms. The SMILES string of the molecule is COCCO[C@H]1CCN(Cc2nccs2)[C@@H]1Cc1cnn(C)c1. The van der Waals surface area contributed by atoms with E-state index < -0.39 is 0 Å². The monoisotopic (exact) mass is 336 g/mol. The molecule has 0 aromatic carbocycles. The summed E-state index contributed by atoms with van der Waals surface area (Å²) in [6, 6.07) is 0.361. The predicted octanol–water partition coefficient (Wildman–Crippen LogP) is 1.73. The first-order valence-electron chi connectivity index (χ1n) is 7.96. The number of hydrogen-bond acceptors (Lipinski definition) is 6. The molecule has 0 spiro atoms. The number of thiazole rings is 1. The number of aromatic nitrogens is 3. The largest absolute Gasteiger partial charge is 0.382 e. The predicted molar refractivity (Wildman–Crippen MR) is 89.5 cm³/mol. The van der Waals surface area contributed by atoms with Gasteiger partial charge in [0, 0.05) is 44.5 Å². The highest BCUT2D eigenvalue weighted by molar-refractivity contribution is 7.09. The maximum absolute atomic E-state index is 6.07. The summed E-state index contributed by atoms with van der Waals surface area (Å²) < 4.78 is 13.0. The Morgan fingerprint density at radius 2 is 2.30 bits per heavy atom. The van der Waals surface area contributed by atoms with Crippen molar-refractivity contribution in [1.82, 2.24) is 19.7 Å². The summed E-state index contributed by atoms with van der Waals surface area (Å²) in [7, 11) is 3.66. The minimum atomic E-state index is 0.241. The molecule has 23 heavy (non-hydrogen) atoms. The van der Waals surface area contributed by atoms with E-state index in [1.165, 1.54) is 10.6 Å². The van der Waals surface area contributed by atoms with Crippen molar-refractivity contribution < 1.29 is 9.47 Å². The number of ether oxygens (including phenoxy) is 2. The Kier molecular flexibility index (Phi) is 5.77. The van der Waals surface area contributed by atoms with Gasteiger partial charge in [-0.2, -0.15) is 5.10 Å². The second kappa shape index (κ2) is 8.01. The van der Waals surface area contributed by atoms with E-state index in [0.717, 1.165) is 25.9 Å². The number of methoxy groups -OCH3 is 1. The van der Waals surface area contributed by atoms with Gasteiger partial charge in [0.15, 0.2) is 0 Å². The van der Waals surface area contributed by atoms with Crippen molar-refractivity contribution in [1.29, 1.82) is 0 Å². The molecule has 0 bridgehead atoms. The van der Waals surface area contributed by atoms with Crippen LogP contribution < -0.4 is 0 Å². The third-order valence-electron chi connectivity index (χ3n) is 4.24. The summed E-state index contributed by atoms with van der Waals surface area (Å²) in [5.74, 6) is 0. The van der Waals surface area contributed by atoms with Crippen molar-refractivity contribution in [3.05, 3.63) is 34.5 Å². The van der Waals surface area contributed by atoms with Crippen LogP contribution in [0, 0.1) is 0 Å². The Labute approximate surface area is 141 Å². The molecule has 0 amide bonds. The van der Waals surface area contributed by atoms with Crippen molar-refractivity contribution in [3.8, 4) is 0 Å². The zero-order valence-electron chi connectivity index (χ0n) is 13.7. The molecule has 126 valence electrons. The second-order valence-electron chi connectivity index (χ2n) is 5.88. The summed E-state index contributed by atoms with van der Waals surface area (Å²) in [5.41, 5.74) is 1.25. The quantitative estimate of drug-likeness (QED) is 0.687. The van der Waals surface area contributed by atoms with Gasteiger partial charge in [-0.15, -0.1) is 11.3 Å². The molecule has 0 unspecified atom stereocenters. The van der Waals surface area contributed by atoms with E-state index in [1.807, 2.05) is 29.5 Å². The van der Waals surface area contributed by atoms with Crippen LogP contribution >= 0.6 is 11.3 Å². The maximum Gasteiger partial charge on any atom is 0.107 e. The lowest BCUT2D eigenvalue weighted by molar-refractivity contribution is -0.00131. The maximum atomic E-state index is 6.07. The van der Waals surface area contributed by atoms with Crippen LogP contribution in [0.5, 0.6) is 0 Å². The molecule has 0 N–H and O–H groups in total. The summed E-state index contributed by atoms with van der Waals surface area (Å²) in [6.45, 7) is 3.23. The number of likely N-dealkylation sites (tertiary alicyclic amines) is 1. The molecule has 1 aliphatic heterocycles. The third kappa shape index (κ3) is 4.38. The lowest BCUT2D eigenvalue weighted by atomic mass is 10.0. The Morgan fingerprint density at radius 1 is 1.39 bits per heavy atom. The molecule has 0 saturated carbocycles. The topological polar surface area (TPSA) is 52.4 Å². The first kappa shape index (κ1) is 16.6. The number of aryl methyl sites for hydroxylation is 1. The molecular weight excluding hydrogens is 312 g/mol. The fourth-order valence-corrected chi connectivity index (χ4v) is 3.78. The first-order valence-corrected chi connectivity index (χ1v) is 8.84. The first-order chi connectivity index (χ1) is 11.3. The summed E-state index contributed by atoms with van der Waals surface area (Å²) >= 11 is 1.71. The highest BCUT2D eigenvalue weighted by Crippen LogP contribution is 2.26. The van der Waals surface area contributed by atoms with Crippen molar-refractivity contribution in [2.24, 2.45) is 7.05 Å². The highest BCUT2D eigenvalue weighted by Gasteiger charge is 2.35. The second-order valence-corrected chi connectivity index (χ2v) is 6.86. The van der Waals surface area contributed by atoms with E-state index in [1.54, 1.807) is 18.4 Å². The van der Waals surface area contributed by atoms with Crippen LogP contribution in [-0.4, -0.2) is 58.7 Å². The fraction of sp³-hybridized carbons (Fsp3) is 0.625. The average Bonchev–Trinajstić information content (AvgIpc) is 3.26. The average molecular weight is 336 g/mol. The fourth-order valence-electron chi connectivity index (χ4n) is 3.14. The van der Waals surface area contributed by atoms with Crippen LogP contribution in [0.4, 0.5) is 0 Å². The molecule has 3 heterocycles. The van der Waals surface area contributed by atoms with Crippen molar-refractivity contribution in [2.75, 3.05) is 26.9 Å². The smallest absolute Gasteiger partial charge is 0.107 e. The van der Waals surface area contributed by atoms with Crippen LogP contribution in [0.3, 0.4) is 0 Å². The highest BCUT2D eigenvalue weighted by atomic mass is 32.1. The molecule has 3 rings (SSSR count). The van der Waals surface area contributed by atoms with Crippen molar-refractivity contribution in [2.45, 2.75) is 31.5 Å². The number of nitrogens with zero attached hydrogens (tertiary/aromatic N) is 4. The van der Waals surface area contributed by atoms with E-state index in [0.29, 0.717) is 19.3 Å². The molecule has 1 aliphatic rings.